The van der Waals surface area contributed by atoms with Crippen molar-refractivity contribution in [3.8, 4) is 0 Å². The molecule has 2 heterocycles. The van der Waals surface area contributed by atoms with Crippen molar-refractivity contribution in [2.75, 3.05) is 0 Å². The van der Waals surface area contributed by atoms with Gasteiger partial charge in [-0.15, -0.1) is 0 Å². The van der Waals surface area contributed by atoms with E-state index in [0.717, 1.165) is 16.8 Å². The number of carbonyl (C=O) groups excluding carboxylic acids is 1. The third kappa shape index (κ3) is 3.25. The second kappa shape index (κ2) is 5.61. The molecule has 0 aliphatic carbocycles. The van der Waals surface area contributed by atoms with Crippen LogP contribution < -0.4 is 5.32 Å². The summed E-state index contributed by atoms with van der Waals surface area (Å²) in [4.78, 5) is 17.1. The molecule has 21 heavy (non-hydrogen) atoms. The van der Waals surface area contributed by atoms with Crippen molar-refractivity contribution in [2.45, 2.75) is 6.92 Å². The van der Waals surface area contributed by atoms with Gasteiger partial charge in [0.1, 0.15) is 0 Å². The molecule has 5 heteroatoms. The van der Waals surface area contributed by atoms with Crippen LogP contribution in [0.25, 0.3) is 6.08 Å². The van der Waals surface area contributed by atoms with E-state index in [1.54, 1.807) is 0 Å². The first-order chi connectivity index (χ1) is 10.1. The topological polar surface area (TPSA) is 46.4 Å². The third-order valence-corrected chi connectivity index (χ3v) is 3.95. The molecule has 2 aromatic rings. The van der Waals surface area contributed by atoms with E-state index in [1.807, 2.05) is 67.3 Å². The van der Waals surface area contributed by atoms with Crippen LogP contribution in [0.15, 0.2) is 52.6 Å². The van der Waals surface area contributed by atoms with Crippen LogP contribution in [0, 0.1) is 6.92 Å². The molecule has 1 amide bonds. The maximum Gasteiger partial charge on any atom is 0.264 e. The second-order valence-corrected chi connectivity index (χ2v) is 5.96. The number of aryl methyl sites for hydroxylation is 2. The van der Waals surface area contributed by atoms with Gasteiger partial charge >= 0.3 is 0 Å². The minimum atomic E-state index is -0.102. The van der Waals surface area contributed by atoms with E-state index in [2.05, 4.69) is 10.3 Å². The van der Waals surface area contributed by atoms with E-state index >= 15 is 0 Å². The number of aliphatic imine (C=N–C) groups is 1. The Morgan fingerprint density at radius 1 is 1.33 bits per heavy atom. The van der Waals surface area contributed by atoms with Crippen LogP contribution >= 0.6 is 11.8 Å². The highest BCUT2D eigenvalue weighted by molar-refractivity contribution is 8.18. The molecule has 0 bridgehead atoms. The maximum atomic E-state index is 12.0. The van der Waals surface area contributed by atoms with Crippen LogP contribution in [0.1, 0.15) is 11.1 Å². The largest absolute Gasteiger partial charge is 0.357 e. The van der Waals surface area contributed by atoms with Gasteiger partial charge in [-0.1, -0.05) is 12.1 Å². The summed E-state index contributed by atoms with van der Waals surface area (Å²) in [5.74, 6) is -0.102. The highest BCUT2D eigenvalue weighted by Gasteiger charge is 2.23. The Balaban J connectivity index is 1.83. The van der Waals surface area contributed by atoms with E-state index in [1.165, 1.54) is 11.8 Å². The lowest BCUT2D eigenvalue weighted by atomic mass is 10.2. The van der Waals surface area contributed by atoms with Gasteiger partial charge in [0, 0.05) is 19.4 Å². The number of thioether (sulfide) groups is 1. The lowest BCUT2D eigenvalue weighted by Crippen LogP contribution is -2.19. The van der Waals surface area contributed by atoms with Gasteiger partial charge in [0.25, 0.3) is 5.91 Å². The van der Waals surface area contributed by atoms with Crippen molar-refractivity contribution in [3.05, 3.63) is 58.8 Å². The molecule has 4 nitrogen and oxygen atoms in total. The highest BCUT2D eigenvalue weighted by Crippen LogP contribution is 2.28. The fourth-order valence-electron chi connectivity index (χ4n) is 2.06. The molecule has 0 atom stereocenters. The van der Waals surface area contributed by atoms with Gasteiger partial charge in [0.2, 0.25) is 0 Å². The van der Waals surface area contributed by atoms with Crippen molar-refractivity contribution in [3.63, 3.8) is 0 Å². The molecule has 0 radical (unpaired) electrons. The quantitative estimate of drug-likeness (QED) is 0.865. The minimum absolute atomic E-state index is 0.102. The molecule has 0 unspecified atom stereocenters. The normalized spacial score (nSPS) is 18.5. The van der Waals surface area contributed by atoms with Gasteiger partial charge in [-0.2, -0.15) is 0 Å². The van der Waals surface area contributed by atoms with Crippen molar-refractivity contribution >= 4 is 34.6 Å². The summed E-state index contributed by atoms with van der Waals surface area (Å²) in [7, 11) is 1.95. The molecule has 0 saturated carbocycles. The number of hydrogen-bond donors (Lipinski definition) is 1. The first kappa shape index (κ1) is 13.7. The zero-order valence-electron chi connectivity index (χ0n) is 11.8. The average molecular weight is 297 g/mol. The van der Waals surface area contributed by atoms with Gasteiger partial charge in [-0.3, -0.25) is 4.79 Å². The number of hydrogen-bond acceptors (Lipinski definition) is 3. The number of rotatable bonds is 2. The Labute approximate surface area is 127 Å². The SMILES string of the molecule is Cc1cccc(N=C2NC(=O)/C(=C\c3ccn(C)c3)S2)c1. The monoisotopic (exact) mass is 297 g/mol. The summed E-state index contributed by atoms with van der Waals surface area (Å²) < 4.78 is 1.95. The zero-order valence-corrected chi connectivity index (χ0v) is 12.6. The van der Waals surface area contributed by atoms with E-state index in [4.69, 9.17) is 0 Å². The van der Waals surface area contributed by atoms with Crippen molar-refractivity contribution in [1.82, 2.24) is 9.88 Å². The second-order valence-electron chi connectivity index (χ2n) is 4.93. The zero-order chi connectivity index (χ0) is 14.8. The highest BCUT2D eigenvalue weighted by atomic mass is 32.2. The van der Waals surface area contributed by atoms with Crippen LogP contribution in [-0.2, 0) is 11.8 Å². The number of nitrogens with zero attached hydrogens (tertiary/aromatic N) is 2. The molecule has 106 valence electrons. The number of carbonyl (C=O) groups is 1. The summed E-state index contributed by atoms with van der Waals surface area (Å²) in [6.45, 7) is 2.02. The minimum Gasteiger partial charge on any atom is -0.357 e. The molecular formula is C16H15N3OS. The van der Waals surface area contributed by atoms with Gasteiger partial charge in [-0.25, -0.2) is 4.99 Å². The summed E-state index contributed by atoms with van der Waals surface area (Å²) in [6.07, 6.45) is 5.79. The van der Waals surface area contributed by atoms with Gasteiger partial charge in [-0.05, 0) is 54.1 Å². The molecule has 1 aromatic carbocycles. The lowest BCUT2D eigenvalue weighted by molar-refractivity contribution is -0.115. The lowest BCUT2D eigenvalue weighted by Gasteiger charge is -1.97. The van der Waals surface area contributed by atoms with E-state index in [9.17, 15) is 4.79 Å². The molecule has 1 N–H and O–H groups in total. The first-order valence-electron chi connectivity index (χ1n) is 6.58. The Morgan fingerprint density at radius 2 is 2.19 bits per heavy atom. The molecular weight excluding hydrogens is 282 g/mol. The summed E-state index contributed by atoms with van der Waals surface area (Å²) in [5, 5.41) is 3.42. The van der Waals surface area contributed by atoms with Gasteiger partial charge in [0.15, 0.2) is 5.17 Å². The first-order valence-corrected chi connectivity index (χ1v) is 7.40. The summed E-state index contributed by atoms with van der Waals surface area (Å²) >= 11 is 1.36. The number of benzene rings is 1. The predicted molar refractivity (Wildman–Crippen MR) is 87.4 cm³/mol. The smallest absolute Gasteiger partial charge is 0.264 e. The van der Waals surface area contributed by atoms with Crippen LogP contribution in [0.4, 0.5) is 5.69 Å². The third-order valence-electron chi connectivity index (χ3n) is 3.04. The van der Waals surface area contributed by atoms with Crippen molar-refractivity contribution < 1.29 is 4.79 Å². The fraction of sp³-hybridized carbons (Fsp3) is 0.125. The van der Waals surface area contributed by atoms with E-state index < -0.39 is 0 Å². The van der Waals surface area contributed by atoms with Crippen LogP contribution in [0.2, 0.25) is 0 Å². The van der Waals surface area contributed by atoms with E-state index in [0.29, 0.717) is 10.1 Å². The van der Waals surface area contributed by atoms with Crippen LogP contribution in [0.3, 0.4) is 0 Å². The Bertz CT molecular complexity index is 758. The molecule has 1 aromatic heterocycles. The fourth-order valence-corrected chi connectivity index (χ4v) is 2.90. The molecule has 0 spiro atoms. The number of amides is 1. The average Bonchev–Trinajstić information content (AvgIpc) is 2.97. The Morgan fingerprint density at radius 3 is 2.90 bits per heavy atom. The standard InChI is InChI=1S/C16H15N3OS/c1-11-4-3-5-13(8-11)17-16-18-15(20)14(21-16)9-12-6-7-19(2)10-12/h3-10H,1-2H3,(H,17,18,20)/b14-9+. The molecule has 1 aliphatic rings. The van der Waals surface area contributed by atoms with Crippen molar-refractivity contribution in [2.24, 2.45) is 12.0 Å². The molecule has 1 aliphatic heterocycles. The predicted octanol–water partition coefficient (Wildman–Crippen LogP) is 3.23. The van der Waals surface area contributed by atoms with Gasteiger partial charge in [0.05, 0.1) is 10.6 Å². The number of aromatic nitrogens is 1. The Kier molecular flexibility index (Phi) is 3.66. The molecule has 3 rings (SSSR count). The van der Waals surface area contributed by atoms with E-state index in [-0.39, 0.29) is 5.91 Å². The summed E-state index contributed by atoms with van der Waals surface area (Å²) in [5.41, 5.74) is 3.00. The van der Waals surface area contributed by atoms with Crippen molar-refractivity contribution in [1.29, 1.82) is 0 Å². The summed E-state index contributed by atoms with van der Waals surface area (Å²) in [6, 6.07) is 9.85. The number of nitrogens with one attached hydrogen (secondary N) is 1. The maximum absolute atomic E-state index is 12.0. The van der Waals surface area contributed by atoms with Gasteiger partial charge < -0.3 is 9.88 Å². The number of amidine groups is 1. The molecule has 1 saturated heterocycles. The van der Waals surface area contributed by atoms with Crippen LogP contribution in [-0.4, -0.2) is 15.6 Å². The van der Waals surface area contributed by atoms with Crippen LogP contribution in [0.5, 0.6) is 0 Å². The molecule has 1 fully saturated rings. The Hall–Kier alpha value is -2.27.